The number of nitrogens with one attached hydrogen (secondary N) is 2. The Morgan fingerprint density at radius 3 is 2.44 bits per heavy atom. The minimum absolute atomic E-state index is 0.140. The highest BCUT2D eigenvalue weighted by atomic mass is 16.4. The Kier molecular flexibility index (Phi) is 6.95. The van der Waals surface area contributed by atoms with Crippen molar-refractivity contribution in [3.8, 4) is 0 Å². The highest BCUT2D eigenvalue weighted by Crippen LogP contribution is 1.89. The van der Waals surface area contributed by atoms with E-state index in [1.807, 2.05) is 0 Å². The molecule has 0 heterocycles. The molecule has 0 aliphatic rings. The van der Waals surface area contributed by atoms with E-state index in [0.29, 0.717) is 25.2 Å². The van der Waals surface area contributed by atoms with E-state index in [9.17, 15) is 9.59 Å². The normalized spacial score (nSPS) is 11.1. The van der Waals surface area contributed by atoms with Gasteiger partial charge in [-0.15, -0.1) is 0 Å². The number of carboxylic acids is 1. The van der Waals surface area contributed by atoms with Crippen molar-refractivity contribution in [3.05, 3.63) is 11.6 Å². The fourth-order valence-corrected chi connectivity index (χ4v) is 0.831. The van der Waals surface area contributed by atoms with E-state index in [4.69, 9.17) is 5.11 Å². The SMILES string of the molecule is C/C(=C/CNCCNC(=O)N(C)C)C(=O)O. The number of carbonyl (C=O) groups is 2. The molecule has 0 aliphatic heterocycles. The Morgan fingerprint density at radius 1 is 1.31 bits per heavy atom. The zero-order valence-corrected chi connectivity index (χ0v) is 9.91. The summed E-state index contributed by atoms with van der Waals surface area (Å²) in [7, 11) is 3.34. The van der Waals surface area contributed by atoms with Crippen molar-refractivity contribution in [1.82, 2.24) is 15.5 Å². The summed E-state index contributed by atoms with van der Waals surface area (Å²) in [6.07, 6.45) is 1.59. The van der Waals surface area contributed by atoms with Crippen LogP contribution in [0.4, 0.5) is 4.79 Å². The molecule has 0 atom stereocenters. The van der Waals surface area contributed by atoms with Gasteiger partial charge in [-0.1, -0.05) is 6.08 Å². The zero-order valence-electron chi connectivity index (χ0n) is 9.91. The first kappa shape index (κ1) is 14.4. The van der Waals surface area contributed by atoms with Crippen LogP contribution in [0, 0.1) is 0 Å². The largest absolute Gasteiger partial charge is 0.478 e. The molecule has 0 aliphatic carbocycles. The molecular formula is C10H19N3O3. The first-order valence-corrected chi connectivity index (χ1v) is 5.01. The molecule has 0 saturated heterocycles. The Hall–Kier alpha value is -1.56. The van der Waals surface area contributed by atoms with Gasteiger partial charge in [0, 0.05) is 39.3 Å². The summed E-state index contributed by atoms with van der Waals surface area (Å²) in [5.74, 6) is -0.914. The van der Waals surface area contributed by atoms with Gasteiger partial charge in [0.15, 0.2) is 0 Å². The molecule has 0 fully saturated rings. The highest BCUT2D eigenvalue weighted by Gasteiger charge is 2.00. The van der Waals surface area contributed by atoms with Crippen molar-refractivity contribution in [2.75, 3.05) is 33.7 Å². The monoisotopic (exact) mass is 229 g/mol. The van der Waals surface area contributed by atoms with Crippen molar-refractivity contribution in [1.29, 1.82) is 0 Å². The molecule has 0 saturated carbocycles. The maximum absolute atomic E-state index is 11.1. The first-order chi connectivity index (χ1) is 7.45. The molecule has 2 amide bonds. The molecule has 0 aromatic rings. The lowest BCUT2D eigenvalue weighted by Gasteiger charge is -2.11. The Morgan fingerprint density at radius 2 is 1.94 bits per heavy atom. The number of amides is 2. The summed E-state index contributed by atoms with van der Waals surface area (Å²) in [6.45, 7) is 3.13. The Labute approximate surface area is 95.3 Å². The van der Waals surface area contributed by atoms with Crippen LogP contribution < -0.4 is 10.6 Å². The summed E-state index contributed by atoms with van der Waals surface area (Å²) >= 11 is 0. The van der Waals surface area contributed by atoms with E-state index in [0.717, 1.165) is 0 Å². The van der Waals surface area contributed by atoms with Crippen molar-refractivity contribution < 1.29 is 14.7 Å². The minimum atomic E-state index is -0.914. The topological polar surface area (TPSA) is 81.7 Å². The maximum Gasteiger partial charge on any atom is 0.330 e. The van der Waals surface area contributed by atoms with E-state index in [1.54, 1.807) is 20.2 Å². The van der Waals surface area contributed by atoms with Gasteiger partial charge >= 0.3 is 12.0 Å². The standard InChI is InChI=1S/C10H19N3O3/c1-8(9(14)15)4-5-11-6-7-12-10(16)13(2)3/h4,11H,5-7H2,1-3H3,(H,12,16)(H,14,15)/b8-4-. The number of aliphatic carboxylic acids is 1. The van der Waals surface area contributed by atoms with Gasteiger partial charge in [0.25, 0.3) is 0 Å². The van der Waals surface area contributed by atoms with Crippen molar-refractivity contribution in [3.63, 3.8) is 0 Å². The molecule has 0 spiro atoms. The molecule has 0 aromatic carbocycles. The molecule has 0 bridgehead atoms. The molecule has 0 rings (SSSR count). The van der Waals surface area contributed by atoms with Crippen LogP contribution in [0.5, 0.6) is 0 Å². The highest BCUT2D eigenvalue weighted by molar-refractivity contribution is 5.85. The Bertz CT molecular complexity index is 274. The van der Waals surface area contributed by atoms with Crippen LogP contribution in [-0.2, 0) is 4.79 Å². The molecular weight excluding hydrogens is 210 g/mol. The molecule has 6 heteroatoms. The summed E-state index contributed by atoms with van der Waals surface area (Å²) in [6, 6.07) is -0.140. The lowest BCUT2D eigenvalue weighted by atomic mass is 10.3. The van der Waals surface area contributed by atoms with Gasteiger partial charge < -0.3 is 20.6 Å². The van der Waals surface area contributed by atoms with E-state index < -0.39 is 5.97 Å². The number of carboxylic acid groups (broad SMARTS) is 1. The van der Waals surface area contributed by atoms with Crippen LogP contribution in [-0.4, -0.2) is 55.7 Å². The van der Waals surface area contributed by atoms with Gasteiger partial charge in [-0.3, -0.25) is 0 Å². The average Bonchev–Trinajstić information content (AvgIpc) is 2.21. The van der Waals surface area contributed by atoms with Crippen LogP contribution in [0.25, 0.3) is 0 Å². The van der Waals surface area contributed by atoms with Gasteiger partial charge in [0.1, 0.15) is 0 Å². The number of urea groups is 1. The second-order valence-corrected chi connectivity index (χ2v) is 3.52. The Balaban J connectivity index is 3.52. The third kappa shape index (κ3) is 6.83. The average molecular weight is 229 g/mol. The number of hydrogen-bond acceptors (Lipinski definition) is 3. The second-order valence-electron chi connectivity index (χ2n) is 3.52. The van der Waals surface area contributed by atoms with E-state index in [-0.39, 0.29) is 6.03 Å². The molecule has 0 unspecified atom stereocenters. The van der Waals surface area contributed by atoms with E-state index in [1.165, 1.54) is 11.8 Å². The van der Waals surface area contributed by atoms with Crippen molar-refractivity contribution in [2.45, 2.75) is 6.92 Å². The van der Waals surface area contributed by atoms with Gasteiger partial charge in [0.05, 0.1) is 0 Å². The van der Waals surface area contributed by atoms with Gasteiger partial charge in [-0.05, 0) is 6.92 Å². The van der Waals surface area contributed by atoms with Crippen LogP contribution in [0.15, 0.2) is 11.6 Å². The number of hydrogen-bond donors (Lipinski definition) is 3. The van der Waals surface area contributed by atoms with Gasteiger partial charge in [-0.2, -0.15) is 0 Å². The lowest BCUT2D eigenvalue weighted by molar-refractivity contribution is -0.132. The van der Waals surface area contributed by atoms with Crippen LogP contribution >= 0.6 is 0 Å². The smallest absolute Gasteiger partial charge is 0.330 e. The predicted octanol–water partition coefficient (Wildman–Crippen LogP) is -0.122. The molecule has 3 N–H and O–H groups in total. The number of rotatable bonds is 6. The van der Waals surface area contributed by atoms with Crippen molar-refractivity contribution >= 4 is 12.0 Å². The van der Waals surface area contributed by atoms with Crippen LogP contribution in [0.1, 0.15) is 6.92 Å². The number of nitrogens with zero attached hydrogens (tertiary/aromatic N) is 1. The second kappa shape index (κ2) is 7.70. The van der Waals surface area contributed by atoms with Crippen LogP contribution in [0.2, 0.25) is 0 Å². The first-order valence-electron chi connectivity index (χ1n) is 5.01. The molecule has 0 radical (unpaired) electrons. The van der Waals surface area contributed by atoms with Gasteiger partial charge in [0.2, 0.25) is 0 Å². The third-order valence-corrected chi connectivity index (χ3v) is 1.87. The quantitative estimate of drug-likeness (QED) is 0.438. The summed E-state index contributed by atoms with van der Waals surface area (Å²) in [5, 5.41) is 14.2. The van der Waals surface area contributed by atoms with Crippen molar-refractivity contribution in [2.24, 2.45) is 0 Å². The zero-order chi connectivity index (χ0) is 12.6. The molecule has 16 heavy (non-hydrogen) atoms. The predicted molar refractivity (Wildman–Crippen MR) is 61.3 cm³/mol. The molecule has 6 nitrogen and oxygen atoms in total. The lowest BCUT2D eigenvalue weighted by Crippen LogP contribution is -2.38. The van der Waals surface area contributed by atoms with Crippen LogP contribution in [0.3, 0.4) is 0 Å². The fourth-order valence-electron chi connectivity index (χ4n) is 0.831. The third-order valence-electron chi connectivity index (χ3n) is 1.87. The summed E-state index contributed by atoms with van der Waals surface area (Å²) < 4.78 is 0. The number of carbonyl (C=O) groups excluding carboxylic acids is 1. The fraction of sp³-hybridized carbons (Fsp3) is 0.600. The van der Waals surface area contributed by atoms with E-state index >= 15 is 0 Å². The molecule has 0 aromatic heterocycles. The summed E-state index contributed by atoms with van der Waals surface area (Å²) in [4.78, 5) is 22.9. The minimum Gasteiger partial charge on any atom is -0.478 e. The van der Waals surface area contributed by atoms with Gasteiger partial charge in [-0.25, -0.2) is 9.59 Å². The maximum atomic E-state index is 11.1. The van der Waals surface area contributed by atoms with E-state index in [2.05, 4.69) is 10.6 Å². The molecule has 92 valence electrons. The summed E-state index contributed by atoms with van der Waals surface area (Å²) in [5.41, 5.74) is 0.310.